The average molecular weight is 307 g/mol. The van der Waals surface area contributed by atoms with Gasteiger partial charge in [-0.3, -0.25) is 10.2 Å². The maximum absolute atomic E-state index is 11.3. The van der Waals surface area contributed by atoms with Crippen molar-refractivity contribution < 1.29 is 4.79 Å². The van der Waals surface area contributed by atoms with Gasteiger partial charge in [-0.25, -0.2) is 10.8 Å². The minimum absolute atomic E-state index is 0.340. The van der Waals surface area contributed by atoms with Gasteiger partial charge in [-0.05, 0) is 23.6 Å². The van der Waals surface area contributed by atoms with E-state index in [0.717, 1.165) is 11.4 Å². The molecule has 0 aliphatic rings. The summed E-state index contributed by atoms with van der Waals surface area (Å²) in [5.74, 6) is 6.03. The predicted molar refractivity (Wildman–Crippen MR) is 83.9 cm³/mol. The second-order valence-electron chi connectivity index (χ2n) is 4.63. The molecule has 0 saturated carbocycles. The van der Waals surface area contributed by atoms with Gasteiger partial charge in [0.15, 0.2) is 5.01 Å². The molecule has 3 N–H and O–H groups in total. The number of hydrazine groups is 1. The van der Waals surface area contributed by atoms with Crippen molar-refractivity contribution in [2.24, 2.45) is 5.84 Å². The summed E-state index contributed by atoms with van der Waals surface area (Å²) < 4.78 is 0. The highest BCUT2D eigenvalue weighted by Crippen LogP contribution is 2.25. The number of benzene rings is 1. The monoisotopic (exact) mass is 307 g/mol. The third-order valence-corrected chi connectivity index (χ3v) is 4.75. The second-order valence-corrected chi connectivity index (χ2v) is 6.54. The van der Waals surface area contributed by atoms with Crippen LogP contribution >= 0.6 is 23.1 Å². The van der Waals surface area contributed by atoms with Crippen molar-refractivity contribution in [3.8, 4) is 0 Å². The Morgan fingerprint density at radius 3 is 2.70 bits per heavy atom. The molecule has 4 nitrogen and oxygen atoms in total. The molecule has 1 heterocycles. The van der Waals surface area contributed by atoms with Crippen molar-refractivity contribution in [2.75, 3.05) is 0 Å². The van der Waals surface area contributed by atoms with Crippen molar-refractivity contribution in [2.45, 2.75) is 30.4 Å². The average Bonchev–Trinajstić information content (AvgIpc) is 2.93. The first-order chi connectivity index (χ1) is 9.60. The van der Waals surface area contributed by atoms with E-state index in [1.165, 1.54) is 21.8 Å². The van der Waals surface area contributed by atoms with E-state index in [0.29, 0.717) is 10.9 Å². The zero-order chi connectivity index (χ0) is 14.5. The van der Waals surface area contributed by atoms with Crippen LogP contribution in [0, 0.1) is 0 Å². The summed E-state index contributed by atoms with van der Waals surface area (Å²) in [5.41, 5.74) is 4.32. The van der Waals surface area contributed by atoms with E-state index >= 15 is 0 Å². The number of hydrogen-bond donors (Lipinski definition) is 2. The Morgan fingerprint density at radius 1 is 1.40 bits per heavy atom. The third-order valence-electron chi connectivity index (χ3n) is 2.81. The molecule has 0 radical (unpaired) electrons. The van der Waals surface area contributed by atoms with E-state index in [1.807, 2.05) is 5.38 Å². The molecule has 20 heavy (non-hydrogen) atoms. The highest BCUT2D eigenvalue weighted by atomic mass is 32.2. The summed E-state index contributed by atoms with van der Waals surface area (Å²) in [4.78, 5) is 16.8. The Balaban J connectivity index is 1.94. The number of rotatable bonds is 5. The summed E-state index contributed by atoms with van der Waals surface area (Å²) in [6.07, 6.45) is 0. The van der Waals surface area contributed by atoms with Crippen LogP contribution in [0.3, 0.4) is 0 Å². The van der Waals surface area contributed by atoms with Crippen LogP contribution in [0.25, 0.3) is 0 Å². The molecule has 1 amide bonds. The lowest BCUT2D eigenvalue weighted by Crippen LogP contribution is -2.29. The van der Waals surface area contributed by atoms with Gasteiger partial charge in [0.05, 0.1) is 5.69 Å². The van der Waals surface area contributed by atoms with Gasteiger partial charge in [-0.1, -0.05) is 26.0 Å². The quantitative estimate of drug-likeness (QED) is 0.385. The molecule has 0 atom stereocenters. The first-order valence-electron chi connectivity index (χ1n) is 6.28. The molecule has 1 aromatic carbocycles. The molecule has 106 valence electrons. The van der Waals surface area contributed by atoms with Crippen LogP contribution in [0.15, 0.2) is 34.5 Å². The number of nitrogens with two attached hydrogens (primary N) is 1. The predicted octanol–water partition coefficient (Wildman–Crippen LogP) is 3.16. The first kappa shape index (κ1) is 15.0. The molecule has 1 aromatic heterocycles. The van der Waals surface area contributed by atoms with Crippen molar-refractivity contribution >= 4 is 29.0 Å². The minimum atomic E-state index is -0.340. The maximum atomic E-state index is 11.3. The number of nitrogens with one attached hydrogen (secondary N) is 1. The molecule has 0 spiro atoms. The van der Waals surface area contributed by atoms with Crippen LogP contribution in [0.5, 0.6) is 0 Å². The van der Waals surface area contributed by atoms with Gasteiger partial charge in [0.25, 0.3) is 5.91 Å². The summed E-state index contributed by atoms with van der Waals surface area (Å²) >= 11 is 3.02. The molecule has 0 unspecified atom stereocenters. The van der Waals surface area contributed by atoms with Crippen LogP contribution in [0.4, 0.5) is 0 Å². The van der Waals surface area contributed by atoms with Crippen LogP contribution in [-0.4, -0.2) is 10.9 Å². The van der Waals surface area contributed by atoms with E-state index < -0.39 is 0 Å². The van der Waals surface area contributed by atoms with Gasteiger partial charge in [0, 0.05) is 16.0 Å². The Kier molecular flexibility index (Phi) is 5.17. The molecule has 2 aromatic rings. The molecule has 0 saturated heterocycles. The molecule has 0 fully saturated rings. The second kappa shape index (κ2) is 6.88. The molecule has 6 heteroatoms. The van der Waals surface area contributed by atoms with Crippen molar-refractivity contribution in [1.29, 1.82) is 0 Å². The normalized spacial score (nSPS) is 10.8. The van der Waals surface area contributed by atoms with Gasteiger partial charge in [-0.2, -0.15) is 0 Å². The lowest BCUT2D eigenvalue weighted by molar-refractivity contribution is 0.0953. The van der Waals surface area contributed by atoms with Crippen molar-refractivity contribution in [3.05, 3.63) is 45.9 Å². The van der Waals surface area contributed by atoms with Gasteiger partial charge < -0.3 is 0 Å². The lowest BCUT2D eigenvalue weighted by Gasteiger charge is -2.06. The summed E-state index contributed by atoms with van der Waals surface area (Å²) in [6.45, 7) is 4.36. The molecule has 0 aliphatic carbocycles. The number of aromatic nitrogens is 1. The van der Waals surface area contributed by atoms with Gasteiger partial charge >= 0.3 is 0 Å². The number of carbonyl (C=O) groups excluding carboxylic acids is 1. The number of thiazole rings is 1. The van der Waals surface area contributed by atoms with Crippen LogP contribution < -0.4 is 11.3 Å². The van der Waals surface area contributed by atoms with Gasteiger partial charge in [0.1, 0.15) is 0 Å². The Bertz CT molecular complexity index is 578. The Hall–Kier alpha value is -1.37. The van der Waals surface area contributed by atoms with E-state index in [9.17, 15) is 4.79 Å². The SMILES string of the molecule is CC(C)c1ccc(SCc2csc(C(=O)NN)n2)cc1. The van der Waals surface area contributed by atoms with Gasteiger partial charge in [-0.15, -0.1) is 23.1 Å². The molecule has 0 aliphatic heterocycles. The topological polar surface area (TPSA) is 68.0 Å². The Morgan fingerprint density at radius 2 is 2.10 bits per heavy atom. The summed E-state index contributed by atoms with van der Waals surface area (Å²) in [6, 6.07) is 8.56. The van der Waals surface area contributed by atoms with Crippen LogP contribution in [0.1, 0.15) is 40.8 Å². The standard InChI is InChI=1S/C14H17N3OS2/c1-9(2)10-3-5-12(6-4-10)19-7-11-8-20-14(16-11)13(18)17-15/h3-6,8-9H,7,15H2,1-2H3,(H,17,18). The number of thioether (sulfide) groups is 1. The van der Waals surface area contributed by atoms with E-state index in [1.54, 1.807) is 11.8 Å². The molecular weight excluding hydrogens is 290 g/mol. The third kappa shape index (κ3) is 3.82. The molecular formula is C14H17N3OS2. The van der Waals surface area contributed by atoms with E-state index in [2.05, 4.69) is 48.5 Å². The summed E-state index contributed by atoms with van der Waals surface area (Å²) in [5, 5.41) is 2.29. The lowest BCUT2D eigenvalue weighted by atomic mass is 10.0. The van der Waals surface area contributed by atoms with Crippen LogP contribution in [-0.2, 0) is 5.75 Å². The van der Waals surface area contributed by atoms with E-state index in [-0.39, 0.29) is 5.91 Å². The highest BCUT2D eigenvalue weighted by Gasteiger charge is 2.09. The number of hydrogen-bond acceptors (Lipinski definition) is 5. The smallest absolute Gasteiger partial charge is 0.288 e. The zero-order valence-corrected chi connectivity index (χ0v) is 13.1. The number of amides is 1. The first-order valence-corrected chi connectivity index (χ1v) is 8.14. The highest BCUT2D eigenvalue weighted by molar-refractivity contribution is 7.98. The van der Waals surface area contributed by atoms with E-state index in [4.69, 9.17) is 5.84 Å². The number of nitrogens with zero attached hydrogens (tertiary/aromatic N) is 1. The van der Waals surface area contributed by atoms with Crippen molar-refractivity contribution in [1.82, 2.24) is 10.4 Å². The fourth-order valence-electron chi connectivity index (χ4n) is 1.65. The molecule has 0 bridgehead atoms. The van der Waals surface area contributed by atoms with Crippen molar-refractivity contribution in [3.63, 3.8) is 0 Å². The number of carbonyl (C=O) groups is 1. The maximum Gasteiger partial charge on any atom is 0.294 e. The van der Waals surface area contributed by atoms with Gasteiger partial charge in [0.2, 0.25) is 0 Å². The fraction of sp³-hybridized carbons (Fsp3) is 0.286. The Labute approximate surface area is 126 Å². The minimum Gasteiger partial charge on any atom is -0.288 e. The summed E-state index contributed by atoms with van der Waals surface area (Å²) in [7, 11) is 0. The largest absolute Gasteiger partial charge is 0.294 e. The fourth-order valence-corrected chi connectivity index (χ4v) is 3.26. The zero-order valence-electron chi connectivity index (χ0n) is 11.4. The number of nitrogen functional groups attached to an aromatic ring is 1. The molecule has 2 rings (SSSR count). The van der Waals surface area contributed by atoms with Crippen LogP contribution in [0.2, 0.25) is 0 Å².